The normalized spacial score (nSPS) is 12.1. The molecule has 4 aromatic rings. The highest BCUT2D eigenvalue weighted by Gasteiger charge is 2.16. The smallest absolute Gasteiger partial charge is 0.235 e. The lowest BCUT2D eigenvalue weighted by atomic mass is 9.87. The van der Waals surface area contributed by atoms with Crippen molar-refractivity contribution in [1.82, 2.24) is 19.8 Å². The average Bonchev–Trinajstić information content (AvgIpc) is 3.26. The van der Waals surface area contributed by atoms with E-state index in [1.165, 1.54) is 16.9 Å². The monoisotopic (exact) mass is 390 g/mol. The maximum atomic E-state index is 5.39. The molecule has 0 saturated heterocycles. The zero-order valence-electron chi connectivity index (χ0n) is 16.4. The summed E-state index contributed by atoms with van der Waals surface area (Å²) in [6, 6.07) is 16.4. The largest absolute Gasteiger partial charge is 0.496 e. The van der Waals surface area contributed by atoms with Crippen molar-refractivity contribution >= 4 is 28.4 Å². The highest BCUT2D eigenvalue weighted by molar-refractivity contribution is 7.17. The van der Waals surface area contributed by atoms with Crippen molar-refractivity contribution in [2.24, 2.45) is 0 Å². The zero-order valence-corrected chi connectivity index (χ0v) is 17.2. The maximum absolute atomic E-state index is 5.39. The molecule has 6 heteroatoms. The van der Waals surface area contributed by atoms with E-state index in [2.05, 4.69) is 60.3 Å². The van der Waals surface area contributed by atoms with Crippen molar-refractivity contribution in [3.05, 3.63) is 64.7 Å². The second kappa shape index (κ2) is 7.20. The lowest BCUT2D eigenvalue weighted by molar-refractivity contribution is 0.414. The van der Waals surface area contributed by atoms with Crippen molar-refractivity contribution in [2.45, 2.75) is 26.2 Å². The molecule has 0 aliphatic rings. The molecule has 142 valence electrons. The number of hydrogen-bond acceptors (Lipinski definition) is 5. The topological polar surface area (TPSA) is 52.3 Å². The van der Waals surface area contributed by atoms with Gasteiger partial charge in [-0.25, -0.2) is 0 Å². The van der Waals surface area contributed by atoms with E-state index in [4.69, 9.17) is 4.74 Å². The molecular formula is C22H22N4OS. The number of nitrogens with zero attached hydrogens (tertiary/aromatic N) is 4. The summed E-state index contributed by atoms with van der Waals surface area (Å²) in [6.45, 7) is 6.62. The van der Waals surface area contributed by atoms with Crippen LogP contribution in [0.2, 0.25) is 0 Å². The maximum Gasteiger partial charge on any atom is 0.235 e. The van der Waals surface area contributed by atoms with Gasteiger partial charge in [0.05, 0.1) is 7.11 Å². The zero-order chi connectivity index (χ0) is 19.7. The molecule has 2 heterocycles. The van der Waals surface area contributed by atoms with Crippen LogP contribution in [0.4, 0.5) is 0 Å². The lowest BCUT2D eigenvalue weighted by Crippen LogP contribution is -2.10. The fraction of sp³-hybridized carbons (Fsp3) is 0.227. The van der Waals surface area contributed by atoms with Crippen molar-refractivity contribution in [2.75, 3.05) is 7.11 Å². The van der Waals surface area contributed by atoms with E-state index in [0.29, 0.717) is 0 Å². The van der Waals surface area contributed by atoms with Crippen LogP contribution < -0.4 is 4.74 Å². The van der Waals surface area contributed by atoms with E-state index < -0.39 is 0 Å². The summed E-state index contributed by atoms with van der Waals surface area (Å²) in [5.74, 6) is 1.59. The highest BCUT2D eigenvalue weighted by atomic mass is 32.1. The molecule has 0 unspecified atom stereocenters. The third kappa shape index (κ3) is 3.55. The number of methoxy groups -OCH3 is 1. The summed E-state index contributed by atoms with van der Waals surface area (Å²) in [4.78, 5) is 0.773. The van der Waals surface area contributed by atoms with Gasteiger partial charge in [0.15, 0.2) is 5.82 Å². The summed E-state index contributed by atoms with van der Waals surface area (Å²) in [7, 11) is 1.67. The Morgan fingerprint density at radius 1 is 0.964 bits per heavy atom. The van der Waals surface area contributed by atoms with Crippen molar-refractivity contribution in [3.63, 3.8) is 0 Å². The first-order valence-electron chi connectivity index (χ1n) is 9.10. The molecule has 0 bridgehead atoms. The number of benzene rings is 2. The molecule has 28 heavy (non-hydrogen) atoms. The fourth-order valence-electron chi connectivity index (χ4n) is 2.96. The average molecular weight is 391 g/mol. The van der Waals surface area contributed by atoms with Gasteiger partial charge in [-0.3, -0.25) is 0 Å². The second-order valence-corrected chi connectivity index (χ2v) is 8.55. The SMILES string of the molecule is COc1ccccc1C=Cc1nn2c(-c3ccc(C(C)(C)C)cc3)nnc2s1. The van der Waals surface area contributed by atoms with Crippen LogP contribution >= 0.6 is 11.3 Å². The molecule has 2 aromatic heterocycles. The molecule has 5 nitrogen and oxygen atoms in total. The molecule has 0 aliphatic carbocycles. The summed E-state index contributed by atoms with van der Waals surface area (Å²) >= 11 is 1.50. The number of fused-ring (bicyclic) bond motifs is 1. The Hall–Kier alpha value is -2.99. The number of ether oxygens (including phenoxy) is 1. The van der Waals surface area contributed by atoms with Gasteiger partial charge in [-0.15, -0.1) is 10.2 Å². The minimum absolute atomic E-state index is 0.121. The van der Waals surface area contributed by atoms with E-state index in [1.807, 2.05) is 36.4 Å². The standard InChI is InChI=1S/C22H22N4OS/c1-22(2,3)17-12-9-16(10-13-17)20-23-24-21-26(20)25-19(28-21)14-11-15-7-5-6-8-18(15)27-4/h5-14H,1-4H3. The number of para-hydroxylation sites is 1. The van der Waals surface area contributed by atoms with E-state index in [9.17, 15) is 0 Å². The third-order valence-electron chi connectivity index (χ3n) is 4.56. The molecule has 0 fully saturated rings. The van der Waals surface area contributed by atoms with Gasteiger partial charge >= 0.3 is 0 Å². The van der Waals surface area contributed by atoms with Crippen molar-refractivity contribution in [3.8, 4) is 17.1 Å². The van der Waals surface area contributed by atoms with Crippen LogP contribution in [0, 0.1) is 0 Å². The summed E-state index contributed by atoms with van der Waals surface area (Å²) in [6.07, 6.45) is 3.98. The van der Waals surface area contributed by atoms with E-state index in [0.717, 1.165) is 32.7 Å². The third-order valence-corrected chi connectivity index (χ3v) is 5.42. The van der Waals surface area contributed by atoms with Crippen LogP contribution in [0.1, 0.15) is 36.9 Å². The Morgan fingerprint density at radius 3 is 2.43 bits per heavy atom. The summed E-state index contributed by atoms with van der Waals surface area (Å²) in [5, 5.41) is 14.1. The minimum Gasteiger partial charge on any atom is -0.496 e. The first-order valence-corrected chi connectivity index (χ1v) is 9.91. The van der Waals surface area contributed by atoms with E-state index in [1.54, 1.807) is 11.6 Å². The van der Waals surface area contributed by atoms with Crippen LogP contribution in [-0.2, 0) is 5.41 Å². The van der Waals surface area contributed by atoms with Crippen LogP contribution in [0.5, 0.6) is 5.75 Å². The van der Waals surface area contributed by atoms with Crippen molar-refractivity contribution in [1.29, 1.82) is 0 Å². The van der Waals surface area contributed by atoms with Gasteiger partial charge in [0.25, 0.3) is 0 Å². The molecule has 4 rings (SSSR count). The molecule has 0 N–H and O–H groups in total. The fourth-order valence-corrected chi connectivity index (χ4v) is 3.70. The predicted octanol–water partition coefficient (Wildman–Crippen LogP) is 5.33. The number of hydrogen-bond donors (Lipinski definition) is 0. The van der Waals surface area contributed by atoms with Gasteiger partial charge in [-0.05, 0) is 29.2 Å². The first-order chi connectivity index (χ1) is 13.5. The number of aromatic nitrogens is 4. The first kappa shape index (κ1) is 18.4. The Labute approximate surface area is 168 Å². The van der Waals surface area contributed by atoms with Gasteiger partial charge < -0.3 is 4.74 Å². The van der Waals surface area contributed by atoms with Gasteiger partial charge in [0.2, 0.25) is 4.96 Å². The molecule has 0 amide bonds. The lowest BCUT2D eigenvalue weighted by Gasteiger charge is -2.18. The van der Waals surface area contributed by atoms with Gasteiger partial charge in [-0.2, -0.15) is 9.61 Å². The molecule has 2 aromatic carbocycles. The molecule has 0 atom stereocenters. The van der Waals surface area contributed by atoms with E-state index >= 15 is 0 Å². The molecule has 0 saturated carbocycles. The van der Waals surface area contributed by atoms with Gasteiger partial charge in [0, 0.05) is 11.1 Å². The summed E-state index contributed by atoms with van der Waals surface area (Å²) < 4.78 is 7.20. The Balaban J connectivity index is 1.65. The molecular weight excluding hydrogens is 368 g/mol. The van der Waals surface area contributed by atoms with Crippen LogP contribution in [0.3, 0.4) is 0 Å². The molecule has 0 radical (unpaired) electrons. The quantitative estimate of drug-likeness (QED) is 0.473. The van der Waals surface area contributed by atoms with Crippen LogP contribution in [0.25, 0.3) is 28.5 Å². The Kier molecular flexibility index (Phi) is 4.73. The number of rotatable bonds is 4. The second-order valence-electron chi connectivity index (χ2n) is 7.56. The van der Waals surface area contributed by atoms with Gasteiger partial charge in [0.1, 0.15) is 10.8 Å². The Morgan fingerprint density at radius 2 is 1.71 bits per heavy atom. The predicted molar refractivity (Wildman–Crippen MR) is 115 cm³/mol. The summed E-state index contributed by atoms with van der Waals surface area (Å²) in [5.41, 5.74) is 3.42. The van der Waals surface area contributed by atoms with E-state index in [-0.39, 0.29) is 5.41 Å². The van der Waals surface area contributed by atoms with Crippen LogP contribution in [0.15, 0.2) is 48.5 Å². The minimum atomic E-state index is 0.121. The highest BCUT2D eigenvalue weighted by Crippen LogP contribution is 2.27. The van der Waals surface area contributed by atoms with Crippen molar-refractivity contribution < 1.29 is 4.74 Å². The Bertz CT molecular complexity index is 1130. The van der Waals surface area contributed by atoms with Gasteiger partial charge in [-0.1, -0.05) is 74.6 Å². The molecule has 0 aliphatic heterocycles. The van der Waals surface area contributed by atoms with Crippen LogP contribution in [-0.4, -0.2) is 26.9 Å². The molecule has 0 spiro atoms.